The minimum atomic E-state index is -0.749. The first-order valence-electron chi connectivity index (χ1n) is 9.30. The normalized spacial score (nSPS) is 11.0. The Morgan fingerprint density at radius 2 is 1.52 bits per heavy atom. The molecular weight excluding hydrogens is 366 g/mol. The molecule has 0 aliphatic heterocycles. The topological polar surface area (TPSA) is 72.4 Å². The van der Waals surface area contributed by atoms with Gasteiger partial charge >= 0.3 is 5.97 Å². The smallest absolute Gasteiger partial charge is 0.339 e. The molecule has 3 aromatic rings. The zero-order valence-electron chi connectivity index (χ0n) is 16.5. The summed E-state index contributed by atoms with van der Waals surface area (Å²) >= 11 is 0. The lowest BCUT2D eigenvalue weighted by atomic mass is 10.0. The highest BCUT2D eigenvalue weighted by atomic mass is 16.5. The van der Waals surface area contributed by atoms with E-state index in [2.05, 4.69) is 9.97 Å². The van der Waals surface area contributed by atoms with Crippen LogP contribution in [-0.4, -0.2) is 38.9 Å². The van der Waals surface area contributed by atoms with Gasteiger partial charge in [0.25, 0.3) is 5.91 Å². The molecule has 0 bridgehead atoms. The van der Waals surface area contributed by atoms with Gasteiger partial charge in [-0.25, -0.2) is 4.79 Å². The standard InChI is InChI=1S/C23H23N3O3/c1-23(2,17-29-22(28)20-11-7-13-25-15-20)26(16-18-8-4-3-5-9-18)21(27)19-10-6-12-24-14-19/h3-15H,16-17H2,1-2H3. The lowest BCUT2D eigenvalue weighted by molar-refractivity contribution is 0.0103. The van der Waals surface area contributed by atoms with Gasteiger partial charge in [0.2, 0.25) is 0 Å². The van der Waals surface area contributed by atoms with Crippen LogP contribution in [0.3, 0.4) is 0 Å². The Hall–Kier alpha value is -3.54. The number of aromatic nitrogens is 2. The molecule has 0 spiro atoms. The van der Waals surface area contributed by atoms with Gasteiger partial charge in [-0.05, 0) is 43.7 Å². The number of pyridine rings is 2. The van der Waals surface area contributed by atoms with Gasteiger partial charge in [-0.15, -0.1) is 0 Å². The minimum absolute atomic E-state index is 0.0412. The van der Waals surface area contributed by atoms with Gasteiger partial charge < -0.3 is 9.64 Å². The molecule has 0 saturated carbocycles. The summed E-state index contributed by atoms with van der Waals surface area (Å²) in [6, 6.07) is 16.5. The second-order valence-electron chi connectivity index (χ2n) is 7.25. The van der Waals surface area contributed by atoms with Crippen LogP contribution < -0.4 is 0 Å². The fraction of sp³-hybridized carbons (Fsp3) is 0.217. The molecule has 0 saturated heterocycles. The van der Waals surface area contributed by atoms with Crippen LogP contribution in [0.2, 0.25) is 0 Å². The van der Waals surface area contributed by atoms with Gasteiger partial charge in [0.1, 0.15) is 6.61 Å². The summed E-state index contributed by atoms with van der Waals surface area (Å²) in [5.74, 6) is -0.649. The average Bonchev–Trinajstić information content (AvgIpc) is 2.77. The van der Waals surface area contributed by atoms with Gasteiger partial charge in [-0.2, -0.15) is 0 Å². The highest BCUT2D eigenvalue weighted by Gasteiger charge is 2.33. The van der Waals surface area contributed by atoms with Gasteiger partial charge in [-0.1, -0.05) is 30.3 Å². The van der Waals surface area contributed by atoms with Crippen LogP contribution >= 0.6 is 0 Å². The van der Waals surface area contributed by atoms with Crippen LogP contribution in [-0.2, 0) is 11.3 Å². The Kier molecular flexibility index (Phi) is 6.34. The molecule has 1 amide bonds. The van der Waals surface area contributed by atoms with E-state index in [0.29, 0.717) is 17.7 Å². The first kappa shape index (κ1) is 20.2. The van der Waals surface area contributed by atoms with E-state index >= 15 is 0 Å². The fourth-order valence-corrected chi connectivity index (χ4v) is 2.86. The summed E-state index contributed by atoms with van der Waals surface area (Å²) < 4.78 is 5.51. The lowest BCUT2D eigenvalue weighted by Gasteiger charge is -2.38. The van der Waals surface area contributed by atoms with Crippen molar-refractivity contribution >= 4 is 11.9 Å². The molecular formula is C23H23N3O3. The molecule has 6 nitrogen and oxygen atoms in total. The molecule has 0 aliphatic rings. The maximum Gasteiger partial charge on any atom is 0.339 e. The molecule has 148 valence electrons. The third kappa shape index (κ3) is 5.25. The number of ether oxygens (including phenoxy) is 1. The molecule has 0 unspecified atom stereocenters. The van der Waals surface area contributed by atoms with Gasteiger partial charge in [0.15, 0.2) is 0 Å². The van der Waals surface area contributed by atoms with Crippen molar-refractivity contribution in [2.45, 2.75) is 25.9 Å². The van der Waals surface area contributed by atoms with Crippen LogP contribution in [0.4, 0.5) is 0 Å². The van der Waals surface area contributed by atoms with E-state index < -0.39 is 11.5 Å². The number of esters is 1. The number of amides is 1. The summed E-state index contributed by atoms with van der Waals surface area (Å²) in [6.07, 6.45) is 6.21. The van der Waals surface area contributed by atoms with E-state index in [1.54, 1.807) is 41.6 Å². The minimum Gasteiger partial charge on any atom is -0.460 e. The SMILES string of the molecule is CC(C)(COC(=O)c1cccnc1)N(Cc1ccccc1)C(=O)c1cccnc1. The lowest BCUT2D eigenvalue weighted by Crippen LogP contribution is -2.50. The van der Waals surface area contributed by atoms with E-state index in [9.17, 15) is 9.59 Å². The first-order chi connectivity index (χ1) is 14.0. The maximum atomic E-state index is 13.2. The summed E-state index contributed by atoms with van der Waals surface area (Å²) in [5.41, 5.74) is 1.09. The van der Waals surface area contributed by atoms with Gasteiger partial charge in [0.05, 0.1) is 16.7 Å². The maximum absolute atomic E-state index is 13.2. The molecule has 0 fully saturated rings. The number of hydrogen-bond acceptors (Lipinski definition) is 5. The number of carbonyl (C=O) groups is 2. The molecule has 2 heterocycles. The van der Waals surface area contributed by atoms with Crippen molar-refractivity contribution in [2.75, 3.05) is 6.61 Å². The molecule has 29 heavy (non-hydrogen) atoms. The highest BCUT2D eigenvalue weighted by molar-refractivity contribution is 5.94. The molecule has 0 aliphatic carbocycles. The fourth-order valence-electron chi connectivity index (χ4n) is 2.86. The van der Waals surface area contributed by atoms with Gasteiger partial charge in [0, 0.05) is 31.3 Å². The number of hydrogen-bond donors (Lipinski definition) is 0. The van der Waals surface area contributed by atoms with E-state index in [4.69, 9.17) is 4.74 Å². The van der Waals surface area contributed by atoms with Crippen molar-refractivity contribution in [3.63, 3.8) is 0 Å². The third-order valence-corrected chi connectivity index (χ3v) is 4.52. The van der Waals surface area contributed by atoms with Crippen molar-refractivity contribution in [3.05, 3.63) is 96.1 Å². The molecule has 6 heteroatoms. The van der Waals surface area contributed by atoms with E-state index in [-0.39, 0.29) is 12.5 Å². The second kappa shape index (κ2) is 9.10. The van der Waals surface area contributed by atoms with Crippen LogP contribution in [0, 0.1) is 0 Å². The van der Waals surface area contributed by atoms with Crippen molar-refractivity contribution in [1.29, 1.82) is 0 Å². The quantitative estimate of drug-likeness (QED) is 0.576. The Labute approximate surface area is 170 Å². The van der Waals surface area contributed by atoms with Crippen LogP contribution in [0.15, 0.2) is 79.4 Å². The molecule has 0 radical (unpaired) electrons. The predicted molar refractivity (Wildman–Crippen MR) is 109 cm³/mol. The van der Waals surface area contributed by atoms with Crippen LogP contribution in [0.1, 0.15) is 40.1 Å². The summed E-state index contributed by atoms with van der Waals surface area (Å²) in [5, 5.41) is 0. The van der Waals surface area contributed by atoms with Crippen molar-refractivity contribution in [1.82, 2.24) is 14.9 Å². The molecule has 2 aromatic heterocycles. The summed E-state index contributed by atoms with van der Waals surface area (Å²) in [7, 11) is 0. The van der Waals surface area contributed by atoms with Crippen molar-refractivity contribution in [3.8, 4) is 0 Å². The first-order valence-corrected chi connectivity index (χ1v) is 9.30. The molecule has 1 aromatic carbocycles. The molecule has 0 N–H and O–H groups in total. The highest BCUT2D eigenvalue weighted by Crippen LogP contribution is 2.22. The largest absolute Gasteiger partial charge is 0.460 e. The monoisotopic (exact) mass is 389 g/mol. The van der Waals surface area contributed by atoms with Crippen LogP contribution in [0.25, 0.3) is 0 Å². The van der Waals surface area contributed by atoms with E-state index in [0.717, 1.165) is 5.56 Å². The molecule has 3 rings (SSSR count). The Morgan fingerprint density at radius 3 is 2.10 bits per heavy atom. The third-order valence-electron chi connectivity index (χ3n) is 4.52. The molecule has 0 atom stereocenters. The Bertz CT molecular complexity index is 945. The van der Waals surface area contributed by atoms with E-state index in [1.807, 2.05) is 44.2 Å². The Balaban J connectivity index is 1.81. The van der Waals surface area contributed by atoms with Crippen LogP contribution in [0.5, 0.6) is 0 Å². The van der Waals surface area contributed by atoms with Crippen molar-refractivity contribution in [2.24, 2.45) is 0 Å². The summed E-state index contributed by atoms with van der Waals surface area (Å²) in [6.45, 7) is 4.17. The second-order valence-corrected chi connectivity index (χ2v) is 7.25. The Morgan fingerprint density at radius 1 is 0.897 bits per heavy atom. The number of rotatable bonds is 7. The average molecular weight is 389 g/mol. The van der Waals surface area contributed by atoms with Crippen molar-refractivity contribution < 1.29 is 14.3 Å². The number of nitrogens with zero attached hydrogens (tertiary/aromatic N) is 3. The predicted octanol–water partition coefficient (Wildman–Crippen LogP) is 3.75. The summed E-state index contributed by atoms with van der Waals surface area (Å²) in [4.78, 5) is 35.3. The number of carbonyl (C=O) groups excluding carboxylic acids is 2. The van der Waals surface area contributed by atoms with E-state index in [1.165, 1.54) is 12.4 Å². The number of benzene rings is 1. The van der Waals surface area contributed by atoms with Gasteiger partial charge in [-0.3, -0.25) is 14.8 Å². The zero-order chi connectivity index (χ0) is 20.7. The zero-order valence-corrected chi connectivity index (χ0v) is 16.5.